The van der Waals surface area contributed by atoms with Crippen LogP contribution >= 0.6 is 0 Å². The van der Waals surface area contributed by atoms with E-state index in [1.54, 1.807) is 13.0 Å². The number of carbonyl (C=O) groups excluding carboxylic acids is 1. The predicted molar refractivity (Wildman–Crippen MR) is 124 cm³/mol. The zero-order valence-electron chi connectivity index (χ0n) is 19.2. The highest BCUT2D eigenvalue weighted by Gasteiger charge is 2.26. The molecule has 34 heavy (non-hydrogen) atoms. The first kappa shape index (κ1) is 23.8. The summed E-state index contributed by atoms with van der Waals surface area (Å²) >= 11 is 0. The van der Waals surface area contributed by atoms with Crippen molar-refractivity contribution in [3.05, 3.63) is 53.5 Å². The number of nitrogens with one attached hydrogen (secondary N) is 1. The van der Waals surface area contributed by atoms with Crippen LogP contribution in [0.15, 0.2) is 41.3 Å². The highest BCUT2D eigenvalue weighted by atomic mass is 32.2. The van der Waals surface area contributed by atoms with Crippen LogP contribution in [0.3, 0.4) is 0 Å². The fraction of sp³-hybridized carbons (Fsp3) is 0.364. The normalized spacial score (nSPS) is 14.7. The number of sulfonamides is 1. The van der Waals surface area contributed by atoms with E-state index in [9.17, 15) is 13.2 Å². The smallest absolute Gasteiger partial charge is 0.263 e. The Morgan fingerprint density at radius 1 is 1.03 bits per heavy atom. The van der Waals surface area contributed by atoms with Gasteiger partial charge in [0, 0.05) is 30.5 Å². The predicted octanol–water partition coefficient (Wildman–Crippen LogP) is 1.63. The maximum Gasteiger partial charge on any atom is 0.263 e. The van der Waals surface area contributed by atoms with Crippen molar-refractivity contribution in [2.24, 2.45) is 0 Å². The van der Waals surface area contributed by atoms with E-state index >= 15 is 0 Å². The van der Waals surface area contributed by atoms with E-state index in [-0.39, 0.29) is 11.5 Å². The molecule has 1 fully saturated rings. The number of hydrogen-bond donors (Lipinski definition) is 1. The first-order valence-corrected chi connectivity index (χ1v) is 12.2. The Balaban J connectivity index is 1.39. The Morgan fingerprint density at radius 2 is 1.68 bits per heavy atom. The van der Waals surface area contributed by atoms with Crippen molar-refractivity contribution in [1.82, 2.24) is 24.1 Å². The number of hydrogen-bond acceptors (Lipinski definition) is 8. The van der Waals surface area contributed by atoms with E-state index in [4.69, 9.17) is 9.47 Å². The van der Waals surface area contributed by atoms with Gasteiger partial charge in [-0.15, -0.1) is 0 Å². The van der Waals surface area contributed by atoms with Crippen LogP contribution in [0.4, 0.5) is 5.82 Å². The Bertz CT molecular complexity index is 1260. The van der Waals surface area contributed by atoms with Gasteiger partial charge in [-0.05, 0) is 51.1 Å². The van der Waals surface area contributed by atoms with E-state index in [1.807, 2.05) is 19.9 Å². The van der Waals surface area contributed by atoms with Crippen molar-refractivity contribution in [2.45, 2.75) is 25.7 Å². The Kier molecular flexibility index (Phi) is 6.91. The molecule has 1 aliphatic rings. The summed E-state index contributed by atoms with van der Waals surface area (Å²) < 4.78 is 39.0. The van der Waals surface area contributed by atoms with E-state index < -0.39 is 15.9 Å². The van der Waals surface area contributed by atoms with Crippen molar-refractivity contribution in [3.63, 3.8) is 0 Å². The van der Waals surface area contributed by atoms with Crippen LogP contribution in [-0.4, -0.2) is 71.3 Å². The number of nitrogens with zero attached hydrogens (tertiary/aromatic N) is 5. The van der Waals surface area contributed by atoms with E-state index in [1.165, 1.54) is 33.3 Å². The number of aromatic nitrogens is 4. The van der Waals surface area contributed by atoms with Gasteiger partial charge in [0.1, 0.15) is 11.6 Å². The van der Waals surface area contributed by atoms with E-state index in [2.05, 4.69) is 20.4 Å². The molecule has 1 aliphatic heterocycles. The third-order valence-corrected chi connectivity index (χ3v) is 6.97. The molecule has 1 amide bonds. The highest BCUT2D eigenvalue weighted by molar-refractivity contribution is 7.89. The van der Waals surface area contributed by atoms with Crippen LogP contribution in [0.1, 0.15) is 17.1 Å². The zero-order chi connectivity index (χ0) is 24.3. The minimum Gasteiger partial charge on any atom is -0.484 e. The molecule has 0 atom stereocenters. The summed E-state index contributed by atoms with van der Waals surface area (Å²) in [5, 5.41) is 7.13. The molecule has 0 aliphatic carbocycles. The maximum atomic E-state index is 12.7. The molecule has 12 heteroatoms. The maximum absolute atomic E-state index is 12.7. The molecule has 4 rings (SSSR count). The second kappa shape index (κ2) is 9.87. The van der Waals surface area contributed by atoms with Crippen LogP contribution in [0.2, 0.25) is 0 Å². The molecule has 1 saturated heterocycles. The lowest BCUT2D eigenvalue weighted by Gasteiger charge is -2.26. The average molecular weight is 487 g/mol. The second-order valence-electron chi connectivity index (χ2n) is 7.86. The summed E-state index contributed by atoms with van der Waals surface area (Å²) in [5.74, 6) is 0.746. The van der Waals surface area contributed by atoms with Crippen LogP contribution in [0, 0.1) is 20.8 Å². The van der Waals surface area contributed by atoms with Crippen molar-refractivity contribution in [3.8, 4) is 11.7 Å². The number of aryl methyl sites for hydroxylation is 3. The van der Waals surface area contributed by atoms with Gasteiger partial charge in [0.2, 0.25) is 10.0 Å². The molecule has 0 bridgehead atoms. The molecule has 2 aromatic heterocycles. The first-order valence-electron chi connectivity index (χ1n) is 10.7. The number of morpholine rings is 1. The number of amides is 1. The van der Waals surface area contributed by atoms with Gasteiger partial charge in [0.05, 0.1) is 23.8 Å². The van der Waals surface area contributed by atoms with Gasteiger partial charge >= 0.3 is 0 Å². The number of ether oxygens (including phenoxy) is 2. The van der Waals surface area contributed by atoms with Gasteiger partial charge in [-0.2, -0.15) is 14.1 Å². The summed E-state index contributed by atoms with van der Waals surface area (Å²) in [5.41, 5.74) is 2.27. The van der Waals surface area contributed by atoms with Crippen LogP contribution in [0.25, 0.3) is 5.95 Å². The molecular weight excluding hydrogens is 460 g/mol. The second-order valence-corrected chi connectivity index (χ2v) is 9.80. The van der Waals surface area contributed by atoms with Gasteiger partial charge < -0.3 is 14.8 Å². The topological polar surface area (TPSA) is 129 Å². The standard InChI is InChI=1S/C22H26N6O5S/c1-15-12-16(2)24-22(23-15)28-20(13-17(3)26-28)25-21(29)14-33-18-4-6-19(7-5-18)34(30,31)27-8-10-32-11-9-27/h4-7,12-13H,8-11,14H2,1-3H3,(H,25,29). The lowest BCUT2D eigenvalue weighted by Crippen LogP contribution is -2.40. The Hall–Kier alpha value is -3.35. The molecule has 1 N–H and O–H groups in total. The minimum atomic E-state index is -3.59. The fourth-order valence-corrected chi connectivity index (χ4v) is 4.92. The highest BCUT2D eigenvalue weighted by Crippen LogP contribution is 2.21. The Labute approximate surface area is 197 Å². The molecule has 1 aromatic carbocycles. The van der Waals surface area contributed by atoms with Gasteiger partial charge in [0.25, 0.3) is 11.9 Å². The molecular formula is C22H26N6O5S. The minimum absolute atomic E-state index is 0.166. The summed E-state index contributed by atoms with van der Waals surface area (Å²) in [6, 6.07) is 9.55. The Morgan fingerprint density at radius 3 is 2.32 bits per heavy atom. The number of anilines is 1. The first-order chi connectivity index (χ1) is 16.2. The van der Waals surface area contributed by atoms with Crippen molar-refractivity contribution in [1.29, 1.82) is 0 Å². The summed E-state index contributed by atoms with van der Waals surface area (Å²) in [4.78, 5) is 21.5. The van der Waals surface area contributed by atoms with Crippen molar-refractivity contribution >= 4 is 21.7 Å². The van der Waals surface area contributed by atoms with Gasteiger partial charge in [-0.1, -0.05) is 0 Å². The molecule has 180 valence electrons. The van der Waals surface area contributed by atoms with Crippen molar-refractivity contribution in [2.75, 3.05) is 38.2 Å². The molecule has 0 radical (unpaired) electrons. The number of rotatable bonds is 7. The van der Waals surface area contributed by atoms with Crippen LogP contribution in [-0.2, 0) is 19.6 Å². The largest absolute Gasteiger partial charge is 0.484 e. The number of carbonyl (C=O) groups is 1. The summed E-state index contributed by atoms with van der Waals surface area (Å²) in [6.07, 6.45) is 0. The SMILES string of the molecule is Cc1cc(C)nc(-n2nc(C)cc2NC(=O)COc2ccc(S(=O)(=O)N3CCOCC3)cc2)n1. The summed E-state index contributed by atoms with van der Waals surface area (Å²) in [6.45, 7) is 6.66. The van der Waals surface area contributed by atoms with Gasteiger partial charge in [-0.3, -0.25) is 4.79 Å². The lowest BCUT2D eigenvalue weighted by molar-refractivity contribution is -0.118. The zero-order valence-corrected chi connectivity index (χ0v) is 20.0. The fourth-order valence-electron chi connectivity index (χ4n) is 3.51. The van der Waals surface area contributed by atoms with Crippen molar-refractivity contribution < 1.29 is 22.7 Å². The molecule has 0 spiro atoms. The van der Waals surface area contributed by atoms with Gasteiger partial charge in [0.15, 0.2) is 6.61 Å². The molecule has 3 heterocycles. The third-order valence-electron chi connectivity index (χ3n) is 5.06. The average Bonchev–Trinajstić information content (AvgIpc) is 3.18. The molecule has 0 saturated carbocycles. The third kappa shape index (κ3) is 5.41. The summed E-state index contributed by atoms with van der Waals surface area (Å²) in [7, 11) is -3.59. The quantitative estimate of drug-likeness (QED) is 0.534. The van der Waals surface area contributed by atoms with Crippen LogP contribution in [0.5, 0.6) is 5.75 Å². The van der Waals surface area contributed by atoms with E-state index in [0.29, 0.717) is 49.5 Å². The molecule has 11 nitrogen and oxygen atoms in total. The van der Waals surface area contributed by atoms with Gasteiger partial charge in [-0.25, -0.2) is 18.4 Å². The van der Waals surface area contributed by atoms with E-state index in [0.717, 1.165) is 11.4 Å². The monoisotopic (exact) mass is 486 g/mol. The lowest BCUT2D eigenvalue weighted by atomic mass is 10.3. The molecule has 0 unspecified atom stereocenters. The number of benzene rings is 1. The molecule has 3 aromatic rings. The van der Waals surface area contributed by atoms with Crippen LogP contribution < -0.4 is 10.1 Å².